The van der Waals surface area contributed by atoms with Gasteiger partial charge in [-0.3, -0.25) is 14.8 Å². The maximum Gasteiger partial charge on any atom is 0.458 e. The minimum absolute atomic E-state index is 0.0220. The number of amidine groups is 1. The highest BCUT2D eigenvalue weighted by atomic mass is 32.2. The van der Waals surface area contributed by atoms with Crippen molar-refractivity contribution in [3.8, 4) is 0 Å². The molecule has 0 saturated carbocycles. The largest absolute Gasteiger partial charge is 0.458 e. The van der Waals surface area contributed by atoms with Crippen LogP contribution in [-0.2, 0) is 12.5 Å². The number of carbonyl (C=O) groups excluding carboxylic acids is 1. The zero-order valence-corrected chi connectivity index (χ0v) is 18.2. The quantitative estimate of drug-likeness (QED) is 0.419. The van der Waals surface area contributed by atoms with Gasteiger partial charge in [0.05, 0.1) is 12.4 Å². The summed E-state index contributed by atoms with van der Waals surface area (Å²) < 4.78 is 104. The summed E-state index contributed by atoms with van der Waals surface area (Å²) in [5, 5.41) is -0.240. The lowest BCUT2D eigenvalue weighted by molar-refractivity contribution is -0.289. The van der Waals surface area contributed by atoms with Crippen LogP contribution in [0.5, 0.6) is 0 Å². The molecule has 0 aliphatic carbocycles. The van der Waals surface area contributed by atoms with Crippen molar-refractivity contribution in [1.29, 1.82) is 0 Å². The van der Waals surface area contributed by atoms with Crippen molar-refractivity contribution in [2.45, 2.75) is 31.7 Å². The molecule has 0 atom stereocenters. The molecule has 2 amide bonds. The van der Waals surface area contributed by atoms with E-state index in [1.54, 1.807) is 24.3 Å². The van der Waals surface area contributed by atoms with Crippen LogP contribution < -0.4 is 4.90 Å². The first-order valence-corrected chi connectivity index (χ1v) is 10.6. The Bertz CT molecular complexity index is 1050. The third-order valence-electron chi connectivity index (χ3n) is 4.77. The molecule has 1 saturated heterocycles. The van der Waals surface area contributed by atoms with Crippen LogP contribution in [0, 0.1) is 6.92 Å². The fourth-order valence-corrected chi connectivity index (χ4v) is 3.94. The summed E-state index contributed by atoms with van der Waals surface area (Å²) in [4.78, 5) is 18.4. The van der Waals surface area contributed by atoms with Crippen molar-refractivity contribution < 1.29 is 39.9 Å². The molecule has 2 aromatic rings. The highest BCUT2D eigenvalue weighted by Crippen LogP contribution is 2.43. The molecule has 3 rings (SSSR count). The lowest BCUT2D eigenvalue weighted by Gasteiger charge is -2.36. The van der Waals surface area contributed by atoms with Crippen molar-refractivity contribution in [2.24, 2.45) is 4.99 Å². The number of rotatable bonds is 5. The predicted molar refractivity (Wildman–Crippen MR) is 112 cm³/mol. The first kappa shape index (κ1) is 25.8. The van der Waals surface area contributed by atoms with Crippen molar-refractivity contribution in [3.05, 3.63) is 65.2 Å². The Morgan fingerprint density at radius 1 is 0.912 bits per heavy atom. The van der Waals surface area contributed by atoms with Crippen molar-refractivity contribution in [2.75, 3.05) is 17.3 Å². The van der Waals surface area contributed by atoms with Crippen molar-refractivity contribution in [3.63, 3.8) is 0 Å². The Balaban J connectivity index is 1.81. The van der Waals surface area contributed by atoms with E-state index < -0.39 is 36.4 Å². The number of hydrogen-bond donors (Lipinski definition) is 0. The molecule has 1 aliphatic rings. The SMILES string of the molecule is Cc1ccc(N2CSC(=NCc3ccc(C(F)(F)C(F)(F)F)cc3)N(CC(F)(F)F)C2=O)cc1. The summed E-state index contributed by atoms with van der Waals surface area (Å²) in [6.07, 6.45) is -10.5. The molecule has 0 bridgehead atoms. The maximum absolute atomic E-state index is 13.4. The van der Waals surface area contributed by atoms with Gasteiger partial charge in [-0.05, 0) is 24.6 Å². The van der Waals surface area contributed by atoms with E-state index in [2.05, 4.69) is 4.99 Å². The molecule has 13 heteroatoms. The van der Waals surface area contributed by atoms with Crippen LogP contribution in [0.3, 0.4) is 0 Å². The number of benzene rings is 2. The van der Waals surface area contributed by atoms with Gasteiger partial charge in [0.2, 0.25) is 0 Å². The zero-order valence-electron chi connectivity index (χ0n) is 17.4. The van der Waals surface area contributed by atoms with Gasteiger partial charge in [-0.25, -0.2) is 4.79 Å². The van der Waals surface area contributed by atoms with Crippen LogP contribution in [0.1, 0.15) is 16.7 Å². The normalized spacial score (nSPS) is 17.0. The lowest BCUT2D eigenvalue weighted by atomic mass is 10.1. The molecule has 1 fully saturated rings. The third kappa shape index (κ3) is 5.80. The highest BCUT2D eigenvalue weighted by molar-refractivity contribution is 8.14. The number of aliphatic imine (C=N–C) groups is 1. The first-order valence-electron chi connectivity index (χ1n) is 9.63. The molecule has 0 spiro atoms. The van der Waals surface area contributed by atoms with Crippen molar-refractivity contribution in [1.82, 2.24) is 4.90 Å². The van der Waals surface area contributed by atoms with Crippen LogP contribution in [-0.4, -0.2) is 40.9 Å². The van der Waals surface area contributed by atoms with Gasteiger partial charge in [0.15, 0.2) is 5.17 Å². The fraction of sp³-hybridized carbons (Fsp3) is 0.333. The molecule has 184 valence electrons. The summed E-state index contributed by atoms with van der Waals surface area (Å²) in [6, 6.07) is 8.76. The predicted octanol–water partition coefficient (Wildman–Crippen LogP) is 6.70. The number of aryl methyl sites for hydroxylation is 1. The monoisotopic (exact) mass is 511 g/mol. The Labute approximate surface area is 193 Å². The number of nitrogens with zero attached hydrogens (tertiary/aromatic N) is 3. The van der Waals surface area contributed by atoms with Crippen molar-refractivity contribution >= 4 is 28.6 Å². The van der Waals surface area contributed by atoms with E-state index in [1.165, 1.54) is 0 Å². The van der Waals surface area contributed by atoms with Gasteiger partial charge >= 0.3 is 24.3 Å². The molecular weight excluding hydrogens is 494 g/mol. The molecule has 0 aromatic heterocycles. The van der Waals surface area contributed by atoms with E-state index in [0.29, 0.717) is 22.7 Å². The van der Waals surface area contributed by atoms with Gasteiger partial charge in [-0.15, -0.1) is 0 Å². The summed E-state index contributed by atoms with van der Waals surface area (Å²) in [7, 11) is 0. The second-order valence-corrected chi connectivity index (χ2v) is 8.30. The maximum atomic E-state index is 13.4. The smallest absolute Gasteiger partial charge is 0.284 e. The first-order chi connectivity index (χ1) is 15.7. The number of urea groups is 1. The van der Waals surface area contributed by atoms with Gasteiger partial charge in [0.25, 0.3) is 0 Å². The van der Waals surface area contributed by atoms with E-state index in [-0.39, 0.29) is 23.2 Å². The zero-order chi connectivity index (χ0) is 25.3. The number of amides is 2. The summed E-state index contributed by atoms with van der Waals surface area (Å²) in [5.41, 5.74) is 0.200. The van der Waals surface area contributed by atoms with Crippen LogP contribution >= 0.6 is 11.8 Å². The average molecular weight is 511 g/mol. The second kappa shape index (κ2) is 9.43. The van der Waals surface area contributed by atoms with Gasteiger partial charge in [0, 0.05) is 11.3 Å². The number of thioether (sulfide) groups is 1. The Morgan fingerprint density at radius 2 is 1.50 bits per heavy atom. The topological polar surface area (TPSA) is 35.9 Å². The Hall–Kier alpha value is -2.83. The average Bonchev–Trinajstić information content (AvgIpc) is 2.74. The number of halogens is 8. The third-order valence-corrected chi connectivity index (χ3v) is 5.76. The number of anilines is 1. The molecule has 2 aromatic carbocycles. The summed E-state index contributed by atoms with van der Waals surface area (Å²) >= 11 is 0.865. The van der Waals surface area contributed by atoms with E-state index in [1.807, 2.05) is 6.92 Å². The van der Waals surface area contributed by atoms with E-state index in [0.717, 1.165) is 34.4 Å². The molecule has 1 aliphatic heterocycles. The number of hydrogen-bond acceptors (Lipinski definition) is 3. The highest BCUT2D eigenvalue weighted by Gasteiger charge is 2.58. The molecule has 0 radical (unpaired) electrons. The number of carbonyl (C=O) groups is 1. The molecule has 0 unspecified atom stereocenters. The minimum Gasteiger partial charge on any atom is -0.284 e. The van der Waals surface area contributed by atoms with Crippen LogP contribution in [0.15, 0.2) is 53.5 Å². The van der Waals surface area contributed by atoms with Gasteiger partial charge < -0.3 is 0 Å². The number of alkyl halides is 8. The Morgan fingerprint density at radius 3 is 2.03 bits per heavy atom. The van der Waals surface area contributed by atoms with Crippen LogP contribution in [0.2, 0.25) is 0 Å². The van der Waals surface area contributed by atoms with Crippen LogP contribution in [0.4, 0.5) is 45.6 Å². The minimum atomic E-state index is -5.77. The summed E-state index contributed by atoms with van der Waals surface area (Å²) in [6.45, 7) is -0.114. The standard InChI is InChI=1S/C21H17F8N3OS/c1-13-2-8-16(9-3-13)32-12-34-17(31(18(32)33)11-19(22,23)24)30-10-14-4-6-15(7-5-14)20(25,26)21(27,28)29/h2-9H,10-12H2,1H3. The summed E-state index contributed by atoms with van der Waals surface area (Å²) in [5.74, 6) is -5.07. The molecule has 4 nitrogen and oxygen atoms in total. The lowest BCUT2D eigenvalue weighted by Crippen LogP contribution is -2.53. The van der Waals surface area contributed by atoms with E-state index >= 15 is 0 Å². The molecular formula is C21H17F8N3OS. The van der Waals surface area contributed by atoms with Gasteiger partial charge in [0.1, 0.15) is 6.54 Å². The molecule has 0 N–H and O–H groups in total. The van der Waals surface area contributed by atoms with E-state index in [9.17, 15) is 39.9 Å². The van der Waals surface area contributed by atoms with Gasteiger partial charge in [-0.2, -0.15) is 35.1 Å². The fourth-order valence-electron chi connectivity index (χ4n) is 2.98. The molecule has 1 heterocycles. The Kier molecular flexibility index (Phi) is 7.15. The van der Waals surface area contributed by atoms with E-state index in [4.69, 9.17) is 0 Å². The van der Waals surface area contributed by atoms with Crippen LogP contribution in [0.25, 0.3) is 0 Å². The second-order valence-electron chi connectivity index (χ2n) is 7.39. The van der Waals surface area contributed by atoms with Gasteiger partial charge in [-0.1, -0.05) is 53.7 Å². The molecule has 34 heavy (non-hydrogen) atoms.